The molecule has 3 amide bonds. The lowest BCUT2D eigenvalue weighted by atomic mass is 10.1. The second kappa shape index (κ2) is 8.63. The number of carbonyl (C=O) groups excluding carboxylic acids is 4. The number of rotatable bonds is 4. The van der Waals surface area contributed by atoms with Crippen LogP contribution in [0.15, 0.2) is 47.1 Å². The van der Waals surface area contributed by atoms with Crippen molar-refractivity contribution in [1.82, 2.24) is 4.90 Å². The molecule has 4 rings (SSSR count). The fourth-order valence-corrected chi connectivity index (χ4v) is 4.06. The summed E-state index contributed by atoms with van der Waals surface area (Å²) in [6.07, 6.45) is 2.64. The number of amides is 3. The van der Waals surface area contributed by atoms with Crippen LogP contribution in [0, 0.1) is 0 Å². The number of benzene rings is 1. The van der Waals surface area contributed by atoms with Gasteiger partial charge in [-0.15, -0.1) is 0 Å². The second-order valence-corrected chi connectivity index (χ2v) is 7.62. The smallest absolute Gasteiger partial charge is 0.329 e. The van der Waals surface area contributed by atoms with Crippen LogP contribution in [0.3, 0.4) is 0 Å². The van der Waals surface area contributed by atoms with Gasteiger partial charge < -0.3 is 24.3 Å². The van der Waals surface area contributed by atoms with Crippen molar-refractivity contribution >= 4 is 35.1 Å². The van der Waals surface area contributed by atoms with Crippen molar-refractivity contribution in [1.29, 1.82) is 0 Å². The summed E-state index contributed by atoms with van der Waals surface area (Å²) in [6, 6.07) is 8.97. The van der Waals surface area contributed by atoms with E-state index in [1.807, 2.05) is 0 Å². The summed E-state index contributed by atoms with van der Waals surface area (Å²) in [4.78, 5) is 53.2. The molecule has 9 nitrogen and oxygen atoms in total. The van der Waals surface area contributed by atoms with Crippen molar-refractivity contribution in [2.45, 2.75) is 38.3 Å². The number of hydrogen-bond donors (Lipinski definition) is 1. The Bertz CT molecular complexity index is 1000. The maximum absolute atomic E-state index is 13.0. The number of para-hydroxylation sites is 2. The van der Waals surface area contributed by atoms with Crippen LogP contribution >= 0.6 is 0 Å². The van der Waals surface area contributed by atoms with Gasteiger partial charge in [-0.2, -0.15) is 0 Å². The van der Waals surface area contributed by atoms with Gasteiger partial charge in [0.15, 0.2) is 12.4 Å². The van der Waals surface area contributed by atoms with E-state index < -0.39 is 30.6 Å². The third kappa shape index (κ3) is 4.16. The van der Waals surface area contributed by atoms with Crippen LogP contribution in [0.2, 0.25) is 0 Å². The zero-order chi connectivity index (χ0) is 22.0. The highest BCUT2D eigenvalue weighted by Gasteiger charge is 2.37. The van der Waals surface area contributed by atoms with Gasteiger partial charge in [0.2, 0.25) is 5.91 Å². The summed E-state index contributed by atoms with van der Waals surface area (Å²) in [6.45, 7) is 1.70. The summed E-state index contributed by atoms with van der Waals surface area (Å²) in [5.74, 6) is -1.48. The maximum Gasteiger partial charge on any atom is 0.329 e. The van der Waals surface area contributed by atoms with Gasteiger partial charge in [-0.25, -0.2) is 4.79 Å². The van der Waals surface area contributed by atoms with Crippen molar-refractivity contribution in [3.05, 3.63) is 48.4 Å². The fraction of sp³-hybridized carbons (Fsp3) is 0.364. The van der Waals surface area contributed by atoms with Gasteiger partial charge in [0, 0.05) is 19.0 Å². The van der Waals surface area contributed by atoms with Crippen molar-refractivity contribution < 1.29 is 28.3 Å². The Balaban J connectivity index is 1.44. The molecule has 1 saturated heterocycles. The average Bonchev–Trinajstić information content (AvgIpc) is 3.43. The molecule has 1 N–H and O–H groups in total. The Morgan fingerprint density at radius 2 is 2.00 bits per heavy atom. The highest BCUT2D eigenvalue weighted by molar-refractivity contribution is 6.05. The monoisotopic (exact) mass is 425 g/mol. The van der Waals surface area contributed by atoms with Gasteiger partial charge >= 0.3 is 5.97 Å². The number of likely N-dealkylation sites (tertiary alicyclic amines) is 1. The first kappa shape index (κ1) is 20.6. The molecule has 2 unspecified atom stereocenters. The predicted octanol–water partition coefficient (Wildman–Crippen LogP) is 2.19. The molecule has 162 valence electrons. The van der Waals surface area contributed by atoms with E-state index in [4.69, 9.17) is 9.15 Å². The number of fused-ring (bicyclic) bond motifs is 1. The third-order valence-corrected chi connectivity index (χ3v) is 5.48. The Hall–Kier alpha value is -3.62. The lowest BCUT2D eigenvalue weighted by molar-refractivity contribution is -0.151. The van der Waals surface area contributed by atoms with E-state index in [2.05, 4.69) is 5.32 Å². The molecular formula is C22H23N3O6. The van der Waals surface area contributed by atoms with Crippen LogP contribution in [0.1, 0.15) is 36.7 Å². The number of anilines is 2. The minimum atomic E-state index is -0.762. The van der Waals surface area contributed by atoms with Crippen LogP contribution in [0.5, 0.6) is 0 Å². The molecule has 0 aliphatic carbocycles. The predicted molar refractivity (Wildman–Crippen MR) is 110 cm³/mol. The van der Waals surface area contributed by atoms with E-state index in [1.54, 1.807) is 43.3 Å². The second-order valence-electron chi connectivity index (χ2n) is 7.62. The maximum atomic E-state index is 13.0. The topological polar surface area (TPSA) is 109 Å². The van der Waals surface area contributed by atoms with E-state index in [0.717, 1.165) is 0 Å². The van der Waals surface area contributed by atoms with Crippen molar-refractivity contribution in [3.63, 3.8) is 0 Å². The first-order valence-corrected chi connectivity index (χ1v) is 10.2. The summed E-state index contributed by atoms with van der Waals surface area (Å²) >= 11 is 0. The summed E-state index contributed by atoms with van der Waals surface area (Å²) in [5, 5.41) is 2.79. The third-order valence-electron chi connectivity index (χ3n) is 5.48. The average molecular weight is 425 g/mol. The number of nitrogens with one attached hydrogen (secondary N) is 1. The van der Waals surface area contributed by atoms with Crippen molar-refractivity contribution in [2.75, 3.05) is 23.4 Å². The molecule has 0 bridgehead atoms. The van der Waals surface area contributed by atoms with Crippen LogP contribution in [-0.2, 0) is 19.1 Å². The van der Waals surface area contributed by atoms with Gasteiger partial charge in [-0.1, -0.05) is 12.1 Å². The molecular weight excluding hydrogens is 402 g/mol. The van der Waals surface area contributed by atoms with E-state index in [-0.39, 0.29) is 24.0 Å². The number of nitrogens with zero attached hydrogens (tertiary/aromatic N) is 2. The van der Waals surface area contributed by atoms with Gasteiger partial charge in [0.05, 0.1) is 17.6 Å². The molecule has 0 saturated carbocycles. The number of hydrogen-bond acceptors (Lipinski definition) is 6. The molecule has 31 heavy (non-hydrogen) atoms. The van der Waals surface area contributed by atoms with Gasteiger partial charge in [0.1, 0.15) is 6.04 Å². The molecule has 1 aromatic heterocycles. The zero-order valence-corrected chi connectivity index (χ0v) is 17.1. The molecule has 0 radical (unpaired) electrons. The Labute approximate surface area is 178 Å². The Morgan fingerprint density at radius 1 is 1.19 bits per heavy atom. The minimum Gasteiger partial charge on any atom is -0.459 e. The highest BCUT2D eigenvalue weighted by Crippen LogP contribution is 2.31. The molecule has 2 aliphatic rings. The molecule has 9 heteroatoms. The van der Waals surface area contributed by atoms with Gasteiger partial charge in [0.25, 0.3) is 11.8 Å². The lowest BCUT2D eigenvalue weighted by Gasteiger charge is -2.28. The highest BCUT2D eigenvalue weighted by atomic mass is 16.5. The standard InChI is InChI=1S/C22H23N3O6/c1-14-12-19(26)23-15-6-2-3-7-16(15)25(14)20(27)13-31-22(29)17-8-4-10-24(17)21(28)18-9-5-11-30-18/h2-3,5-7,9,11,14,17H,4,8,10,12-13H2,1H3,(H,23,26). The number of carbonyl (C=O) groups is 4. The molecule has 3 heterocycles. The van der Waals surface area contributed by atoms with E-state index in [0.29, 0.717) is 30.8 Å². The molecule has 2 atom stereocenters. The molecule has 2 aromatic rings. The van der Waals surface area contributed by atoms with E-state index in [1.165, 1.54) is 16.1 Å². The normalized spacial score (nSPS) is 20.6. The van der Waals surface area contributed by atoms with Crippen LogP contribution in [-0.4, -0.2) is 53.8 Å². The summed E-state index contributed by atoms with van der Waals surface area (Å²) in [5.41, 5.74) is 1.08. The van der Waals surface area contributed by atoms with E-state index >= 15 is 0 Å². The molecule has 2 aliphatic heterocycles. The SMILES string of the molecule is CC1CC(=O)Nc2ccccc2N1C(=O)COC(=O)C1CCCN1C(=O)c1ccco1. The zero-order valence-electron chi connectivity index (χ0n) is 17.1. The Kier molecular flexibility index (Phi) is 5.75. The number of esters is 1. The first-order chi connectivity index (χ1) is 15.0. The minimum absolute atomic E-state index is 0.127. The van der Waals surface area contributed by atoms with Crippen LogP contribution in [0.25, 0.3) is 0 Å². The Morgan fingerprint density at radius 3 is 2.77 bits per heavy atom. The lowest BCUT2D eigenvalue weighted by Crippen LogP contribution is -2.44. The first-order valence-electron chi connectivity index (χ1n) is 10.2. The molecule has 1 aromatic carbocycles. The molecule has 0 spiro atoms. The fourth-order valence-electron chi connectivity index (χ4n) is 4.06. The largest absolute Gasteiger partial charge is 0.459 e. The van der Waals surface area contributed by atoms with Gasteiger partial charge in [-0.05, 0) is 44.0 Å². The van der Waals surface area contributed by atoms with E-state index in [9.17, 15) is 19.2 Å². The van der Waals surface area contributed by atoms with Crippen LogP contribution in [0.4, 0.5) is 11.4 Å². The molecule has 1 fully saturated rings. The van der Waals surface area contributed by atoms with Crippen LogP contribution < -0.4 is 10.2 Å². The van der Waals surface area contributed by atoms with Crippen molar-refractivity contribution in [2.24, 2.45) is 0 Å². The summed E-state index contributed by atoms with van der Waals surface area (Å²) < 4.78 is 10.5. The van der Waals surface area contributed by atoms with Crippen molar-refractivity contribution in [3.8, 4) is 0 Å². The number of ether oxygens (including phenoxy) is 1. The van der Waals surface area contributed by atoms with Gasteiger partial charge in [-0.3, -0.25) is 14.4 Å². The quantitative estimate of drug-likeness (QED) is 0.752. The summed E-state index contributed by atoms with van der Waals surface area (Å²) in [7, 11) is 0. The number of furan rings is 1.